The second-order valence-corrected chi connectivity index (χ2v) is 3.11. The fourth-order valence-electron chi connectivity index (χ4n) is 0.614. The minimum absolute atomic E-state index is 0.584. The molecule has 0 unspecified atom stereocenters. The highest BCUT2D eigenvalue weighted by molar-refractivity contribution is 5.01. The second-order valence-electron chi connectivity index (χ2n) is 3.11. The topological polar surface area (TPSA) is 23.5 Å². The van der Waals surface area contributed by atoms with Gasteiger partial charge in [0.1, 0.15) is 0 Å². The summed E-state index contributed by atoms with van der Waals surface area (Å²) in [4.78, 5) is 0. The third kappa shape index (κ3) is 9.57. The molecule has 0 heterocycles. The Hall–Kier alpha value is -0.340. The first-order valence-electron chi connectivity index (χ1n) is 5.18. The van der Waals surface area contributed by atoms with Gasteiger partial charge in [0.25, 0.3) is 0 Å². The predicted molar refractivity (Wildman–Crippen MR) is 59.0 cm³/mol. The fourth-order valence-corrected chi connectivity index (χ4v) is 0.614. The number of allylic oxidation sites excluding steroid dienone is 1. The standard InChI is InChI=1S/C9H19NO.C2H6/c1-5-10(11)7-6-9(4)8(2)3;1-2/h6,8,11H,5,7H2,1-4H3;1-2H3/b9-6+;. The highest BCUT2D eigenvalue weighted by atomic mass is 16.5. The van der Waals surface area contributed by atoms with Gasteiger partial charge in [0.2, 0.25) is 0 Å². The number of rotatable bonds is 4. The Morgan fingerprint density at radius 3 is 2.15 bits per heavy atom. The van der Waals surface area contributed by atoms with Gasteiger partial charge in [-0.15, -0.1) is 0 Å². The van der Waals surface area contributed by atoms with E-state index in [4.69, 9.17) is 5.21 Å². The lowest BCUT2D eigenvalue weighted by Crippen LogP contribution is -2.18. The zero-order chi connectivity index (χ0) is 10.9. The summed E-state index contributed by atoms with van der Waals surface area (Å²) < 4.78 is 0. The summed E-state index contributed by atoms with van der Waals surface area (Å²) in [6.45, 7) is 13.6. The highest BCUT2D eigenvalue weighted by Gasteiger charge is 1.97. The molecule has 80 valence electrons. The zero-order valence-electron chi connectivity index (χ0n) is 9.96. The summed E-state index contributed by atoms with van der Waals surface area (Å²) in [5.74, 6) is 0.584. The normalized spacial score (nSPS) is 11.6. The number of likely N-dealkylation sites (N-methyl/N-ethyl adjacent to an activating group) is 1. The van der Waals surface area contributed by atoms with Crippen LogP contribution in [0.4, 0.5) is 0 Å². The molecule has 1 N–H and O–H groups in total. The van der Waals surface area contributed by atoms with Crippen LogP contribution in [0, 0.1) is 5.92 Å². The monoisotopic (exact) mass is 187 g/mol. The minimum atomic E-state index is 0.584. The van der Waals surface area contributed by atoms with Crippen LogP contribution < -0.4 is 0 Å². The van der Waals surface area contributed by atoms with E-state index in [2.05, 4.69) is 26.8 Å². The van der Waals surface area contributed by atoms with Crippen LogP contribution in [-0.4, -0.2) is 23.4 Å². The molecule has 0 aromatic carbocycles. The van der Waals surface area contributed by atoms with E-state index in [0.29, 0.717) is 19.0 Å². The van der Waals surface area contributed by atoms with Crippen LogP contribution in [0.25, 0.3) is 0 Å². The van der Waals surface area contributed by atoms with Crippen molar-refractivity contribution in [1.29, 1.82) is 0 Å². The number of hydroxylamine groups is 2. The smallest absolute Gasteiger partial charge is 0.0421 e. The summed E-state index contributed by atoms with van der Waals surface area (Å²) >= 11 is 0. The lowest BCUT2D eigenvalue weighted by Gasteiger charge is -2.10. The molecule has 0 rings (SSSR count). The van der Waals surface area contributed by atoms with Gasteiger partial charge in [-0.25, -0.2) is 0 Å². The van der Waals surface area contributed by atoms with Crippen molar-refractivity contribution >= 4 is 0 Å². The minimum Gasteiger partial charge on any atom is -0.314 e. The van der Waals surface area contributed by atoms with E-state index < -0.39 is 0 Å². The van der Waals surface area contributed by atoms with E-state index in [1.54, 1.807) is 0 Å². The second kappa shape index (κ2) is 9.75. The molecule has 0 aromatic heterocycles. The molecule has 0 aliphatic heterocycles. The highest BCUT2D eigenvalue weighted by Crippen LogP contribution is 2.06. The third-order valence-electron chi connectivity index (χ3n) is 1.90. The molecule has 0 aliphatic carbocycles. The molecule has 0 aliphatic rings. The largest absolute Gasteiger partial charge is 0.314 e. The van der Waals surface area contributed by atoms with Crippen LogP contribution >= 0.6 is 0 Å². The van der Waals surface area contributed by atoms with Crippen LogP contribution in [-0.2, 0) is 0 Å². The maximum atomic E-state index is 9.08. The molecule has 0 aromatic rings. The van der Waals surface area contributed by atoms with Crippen LogP contribution in [0.5, 0.6) is 0 Å². The molecule has 2 heteroatoms. The molecule has 13 heavy (non-hydrogen) atoms. The van der Waals surface area contributed by atoms with E-state index in [9.17, 15) is 0 Å². The number of hydrogen-bond acceptors (Lipinski definition) is 2. The Morgan fingerprint density at radius 2 is 1.85 bits per heavy atom. The van der Waals surface area contributed by atoms with Crippen molar-refractivity contribution in [2.45, 2.75) is 41.5 Å². The van der Waals surface area contributed by atoms with Crippen molar-refractivity contribution < 1.29 is 5.21 Å². The van der Waals surface area contributed by atoms with Gasteiger partial charge in [-0.05, 0) is 12.8 Å². The molecule has 0 atom stereocenters. The Kier molecular flexibility index (Phi) is 11.4. The first-order chi connectivity index (χ1) is 6.07. The summed E-state index contributed by atoms with van der Waals surface area (Å²) in [7, 11) is 0. The van der Waals surface area contributed by atoms with Crippen molar-refractivity contribution in [2.24, 2.45) is 5.92 Å². The molecule has 0 spiro atoms. The van der Waals surface area contributed by atoms with E-state index in [1.165, 1.54) is 10.6 Å². The summed E-state index contributed by atoms with van der Waals surface area (Å²) in [6, 6.07) is 0. The molecule has 2 nitrogen and oxygen atoms in total. The van der Waals surface area contributed by atoms with E-state index in [1.807, 2.05) is 20.8 Å². The fraction of sp³-hybridized carbons (Fsp3) is 0.818. The van der Waals surface area contributed by atoms with Gasteiger partial charge in [-0.1, -0.05) is 46.3 Å². The Balaban J connectivity index is 0. The van der Waals surface area contributed by atoms with Gasteiger partial charge in [0.15, 0.2) is 0 Å². The first-order valence-corrected chi connectivity index (χ1v) is 5.18. The van der Waals surface area contributed by atoms with Crippen molar-refractivity contribution in [3.8, 4) is 0 Å². The Labute approximate surface area is 83.2 Å². The van der Waals surface area contributed by atoms with Crippen molar-refractivity contribution in [3.05, 3.63) is 11.6 Å². The predicted octanol–water partition coefficient (Wildman–Crippen LogP) is 3.33. The molecular formula is C11H25NO. The van der Waals surface area contributed by atoms with Gasteiger partial charge >= 0.3 is 0 Å². The molecule has 0 bridgehead atoms. The molecule has 0 saturated heterocycles. The Morgan fingerprint density at radius 1 is 1.38 bits per heavy atom. The van der Waals surface area contributed by atoms with Gasteiger partial charge in [0.05, 0.1) is 0 Å². The SMILES string of the molecule is CC.CCN(O)C/C=C(\C)C(C)C. The molecule has 0 radical (unpaired) electrons. The van der Waals surface area contributed by atoms with E-state index >= 15 is 0 Å². The van der Waals surface area contributed by atoms with Crippen molar-refractivity contribution in [1.82, 2.24) is 5.06 Å². The molecular weight excluding hydrogens is 162 g/mol. The van der Waals surface area contributed by atoms with Gasteiger partial charge in [0, 0.05) is 13.1 Å². The summed E-state index contributed by atoms with van der Waals surface area (Å²) in [6.07, 6.45) is 2.06. The summed E-state index contributed by atoms with van der Waals surface area (Å²) in [5.41, 5.74) is 1.33. The molecule has 0 saturated carbocycles. The third-order valence-corrected chi connectivity index (χ3v) is 1.90. The average molecular weight is 187 g/mol. The van der Waals surface area contributed by atoms with Crippen LogP contribution in [0.3, 0.4) is 0 Å². The number of hydrogen-bond donors (Lipinski definition) is 1. The maximum Gasteiger partial charge on any atom is 0.0421 e. The average Bonchev–Trinajstić information content (AvgIpc) is 2.16. The van der Waals surface area contributed by atoms with Crippen LogP contribution in [0.2, 0.25) is 0 Å². The maximum absolute atomic E-state index is 9.08. The van der Waals surface area contributed by atoms with Crippen molar-refractivity contribution in [2.75, 3.05) is 13.1 Å². The summed E-state index contributed by atoms with van der Waals surface area (Å²) in [5, 5.41) is 10.4. The van der Waals surface area contributed by atoms with Gasteiger partial charge < -0.3 is 5.21 Å². The quantitative estimate of drug-likeness (QED) is 0.539. The Bertz CT molecular complexity index is 130. The lowest BCUT2D eigenvalue weighted by atomic mass is 10.1. The van der Waals surface area contributed by atoms with Crippen LogP contribution in [0.15, 0.2) is 11.6 Å². The molecule has 0 amide bonds. The first kappa shape index (κ1) is 15.1. The van der Waals surface area contributed by atoms with Crippen molar-refractivity contribution in [3.63, 3.8) is 0 Å². The van der Waals surface area contributed by atoms with Crippen LogP contribution in [0.1, 0.15) is 41.5 Å². The molecule has 0 fully saturated rings. The lowest BCUT2D eigenvalue weighted by molar-refractivity contribution is -0.0755. The van der Waals surface area contributed by atoms with E-state index in [0.717, 1.165) is 0 Å². The van der Waals surface area contributed by atoms with Gasteiger partial charge in [-0.2, -0.15) is 5.06 Å². The van der Waals surface area contributed by atoms with E-state index in [-0.39, 0.29) is 0 Å². The van der Waals surface area contributed by atoms with Gasteiger partial charge in [-0.3, -0.25) is 0 Å². The number of nitrogens with zero attached hydrogens (tertiary/aromatic N) is 1. The zero-order valence-corrected chi connectivity index (χ0v) is 9.96.